The minimum Gasteiger partial charge on any atom is -0.478 e. The molecule has 2 atom stereocenters. The minimum atomic E-state index is -1.26. The van der Waals surface area contributed by atoms with E-state index >= 15 is 0 Å². The van der Waals surface area contributed by atoms with Crippen LogP contribution in [0.25, 0.3) is 0 Å². The number of likely N-dealkylation sites (N-methyl/N-ethyl adjacent to an activating group) is 1. The van der Waals surface area contributed by atoms with Crippen molar-refractivity contribution in [2.45, 2.75) is 32.6 Å². The number of carbonyl (C=O) groups is 3. The number of benzene rings is 1. The molecule has 0 bridgehead atoms. The number of carbonyl (C=O) groups excluding carboxylic acids is 1. The number of aliphatic carboxylic acids is 2. The molecule has 1 aromatic rings. The highest BCUT2D eigenvalue weighted by Gasteiger charge is 2.37. The first-order chi connectivity index (χ1) is 12.2. The Kier molecular flexibility index (Phi) is 6.32. The van der Waals surface area contributed by atoms with Crippen LogP contribution in [0.4, 0.5) is 0 Å². The Morgan fingerprint density at radius 3 is 2.35 bits per heavy atom. The largest absolute Gasteiger partial charge is 0.478 e. The summed E-state index contributed by atoms with van der Waals surface area (Å²) in [5.74, 6) is -1.01. The van der Waals surface area contributed by atoms with Crippen molar-refractivity contribution in [3.63, 3.8) is 0 Å². The molecule has 1 saturated heterocycles. The van der Waals surface area contributed by atoms with Gasteiger partial charge in [-0.05, 0) is 50.9 Å². The highest BCUT2D eigenvalue weighted by molar-refractivity contribution is 6.00. The van der Waals surface area contributed by atoms with Crippen molar-refractivity contribution in [2.75, 3.05) is 20.1 Å². The van der Waals surface area contributed by atoms with E-state index in [1.165, 1.54) is 23.1 Å². The monoisotopic (exact) mass is 359 g/mol. The van der Waals surface area contributed by atoms with Gasteiger partial charge >= 0.3 is 11.9 Å². The van der Waals surface area contributed by atoms with E-state index in [4.69, 9.17) is 10.2 Å². The molecule has 2 N–H and O–H groups in total. The molecule has 140 valence electrons. The first-order valence-corrected chi connectivity index (χ1v) is 8.65. The van der Waals surface area contributed by atoms with E-state index in [9.17, 15) is 14.4 Å². The molecule has 1 aliphatic carbocycles. The Morgan fingerprint density at radius 1 is 1.15 bits per heavy atom. The molecule has 1 fully saturated rings. The minimum absolute atomic E-state index is 0.369. The predicted octanol–water partition coefficient (Wildman–Crippen LogP) is 2.64. The lowest BCUT2D eigenvalue weighted by atomic mass is 9.70. The normalized spacial score (nSPS) is 22.2. The predicted molar refractivity (Wildman–Crippen MR) is 97.6 cm³/mol. The molecule has 1 aromatic carbocycles. The second-order valence-electron chi connectivity index (χ2n) is 7.10. The number of fused-ring (bicyclic) bond motifs is 3. The first kappa shape index (κ1) is 19.8. The van der Waals surface area contributed by atoms with E-state index in [-0.39, 0.29) is 0 Å². The van der Waals surface area contributed by atoms with Crippen LogP contribution in [0.3, 0.4) is 0 Å². The summed E-state index contributed by atoms with van der Waals surface area (Å²) in [5, 5.41) is 15.6. The summed E-state index contributed by atoms with van der Waals surface area (Å²) in [6, 6.07) is 4.39. The van der Waals surface area contributed by atoms with Gasteiger partial charge in [-0.25, -0.2) is 9.59 Å². The van der Waals surface area contributed by atoms with Gasteiger partial charge in [0.2, 0.25) is 0 Å². The average Bonchev–Trinajstić information content (AvgIpc) is 2.53. The molecule has 0 radical (unpaired) electrons. The molecular weight excluding hydrogens is 334 g/mol. The fourth-order valence-corrected chi connectivity index (χ4v) is 3.92. The number of rotatable bonds is 2. The number of Topliss-reactive ketones (excluding diaryl/α,β-unsaturated/α-hetero) is 1. The van der Waals surface area contributed by atoms with E-state index in [1.807, 2.05) is 0 Å². The van der Waals surface area contributed by atoms with Crippen LogP contribution in [0.15, 0.2) is 24.3 Å². The van der Waals surface area contributed by atoms with Crippen LogP contribution in [0.1, 0.15) is 45.8 Å². The second kappa shape index (κ2) is 8.27. The number of nitrogens with zero attached hydrogens (tertiary/aromatic N) is 1. The number of hydrogen-bond acceptors (Lipinski definition) is 4. The summed E-state index contributed by atoms with van der Waals surface area (Å²) in [6.45, 7) is 6.45. The van der Waals surface area contributed by atoms with Crippen molar-refractivity contribution < 1.29 is 24.6 Å². The Bertz CT molecular complexity index is 737. The lowest BCUT2D eigenvalue weighted by Gasteiger charge is -2.41. The molecule has 6 heteroatoms. The number of likely N-dealkylation sites (tertiary alicyclic amines) is 1. The van der Waals surface area contributed by atoms with Crippen molar-refractivity contribution in [1.82, 2.24) is 4.90 Å². The zero-order valence-corrected chi connectivity index (χ0v) is 15.4. The maximum Gasteiger partial charge on any atom is 0.328 e. The molecule has 1 heterocycles. The van der Waals surface area contributed by atoms with Crippen LogP contribution in [-0.4, -0.2) is 53.0 Å². The third kappa shape index (κ3) is 4.79. The topological polar surface area (TPSA) is 94.9 Å². The van der Waals surface area contributed by atoms with Crippen LogP contribution in [0, 0.1) is 19.8 Å². The van der Waals surface area contributed by atoms with Gasteiger partial charge in [0.05, 0.1) is 0 Å². The number of carboxylic acids is 2. The van der Waals surface area contributed by atoms with E-state index in [0.29, 0.717) is 29.8 Å². The number of piperidine rings is 1. The van der Waals surface area contributed by atoms with Crippen molar-refractivity contribution in [2.24, 2.45) is 5.92 Å². The molecule has 26 heavy (non-hydrogen) atoms. The van der Waals surface area contributed by atoms with Gasteiger partial charge in [0.25, 0.3) is 0 Å². The van der Waals surface area contributed by atoms with E-state index in [0.717, 1.165) is 25.1 Å². The Morgan fingerprint density at radius 2 is 1.77 bits per heavy atom. The van der Waals surface area contributed by atoms with Crippen molar-refractivity contribution in [3.8, 4) is 0 Å². The molecular formula is C20H25NO5. The Balaban J connectivity index is 0.000000260. The standard InChI is InChI=1S/C16H21NO.C4H4O4/c1-10-6-11(2)16-13(7-10)14-9-17(3)5-4-12(14)8-15(16)18;5-3(6)1-2-4(7)8/h6-7,12,14H,4-5,8-9H2,1-3H3;1-2H,(H,5,6)(H,7,8)/b;2-1+/t12-,14-;/m0./s1. The van der Waals surface area contributed by atoms with Crippen LogP contribution < -0.4 is 0 Å². The summed E-state index contributed by atoms with van der Waals surface area (Å²) >= 11 is 0. The molecule has 2 aliphatic rings. The van der Waals surface area contributed by atoms with Gasteiger partial charge in [0, 0.05) is 36.6 Å². The van der Waals surface area contributed by atoms with Gasteiger partial charge in [0.15, 0.2) is 5.78 Å². The quantitative estimate of drug-likeness (QED) is 0.788. The smallest absolute Gasteiger partial charge is 0.328 e. The molecule has 0 aromatic heterocycles. The first-order valence-electron chi connectivity index (χ1n) is 8.65. The van der Waals surface area contributed by atoms with Gasteiger partial charge in [0.1, 0.15) is 0 Å². The summed E-state index contributed by atoms with van der Waals surface area (Å²) < 4.78 is 0. The lowest BCUT2D eigenvalue weighted by molar-refractivity contribution is -0.134. The third-order valence-electron chi connectivity index (χ3n) is 4.96. The zero-order valence-electron chi connectivity index (χ0n) is 15.4. The highest BCUT2D eigenvalue weighted by atomic mass is 16.4. The number of hydrogen-bond donors (Lipinski definition) is 2. The Hall–Kier alpha value is -2.47. The molecule has 0 saturated carbocycles. The maximum atomic E-state index is 12.3. The molecule has 6 nitrogen and oxygen atoms in total. The van der Waals surface area contributed by atoms with Gasteiger partial charge in [-0.3, -0.25) is 4.79 Å². The second-order valence-corrected chi connectivity index (χ2v) is 7.10. The zero-order chi connectivity index (χ0) is 19.4. The van der Waals surface area contributed by atoms with Gasteiger partial charge in [-0.2, -0.15) is 0 Å². The highest BCUT2D eigenvalue weighted by Crippen LogP contribution is 2.42. The molecule has 0 spiro atoms. The number of ketones is 1. The molecule has 0 amide bonds. The number of aryl methyl sites for hydroxylation is 2. The Labute approximate surface area is 153 Å². The van der Waals surface area contributed by atoms with E-state index in [1.54, 1.807) is 0 Å². The summed E-state index contributed by atoms with van der Waals surface area (Å²) in [5.41, 5.74) is 4.80. The average molecular weight is 359 g/mol. The molecule has 0 unspecified atom stereocenters. The molecule has 1 aliphatic heterocycles. The summed E-state index contributed by atoms with van der Waals surface area (Å²) in [6.07, 6.45) is 3.04. The third-order valence-corrected chi connectivity index (χ3v) is 4.96. The van der Waals surface area contributed by atoms with Crippen molar-refractivity contribution in [1.29, 1.82) is 0 Å². The van der Waals surface area contributed by atoms with Crippen molar-refractivity contribution in [3.05, 3.63) is 46.5 Å². The van der Waals surface area contributed by atoms with E-state index in [2.05, 4.69) is 37.9 Å². The summed E-state index contributed by atoms with van der Waals surface area (Å²) in [7, 11) is 2.19. The maximum absolute atomic E-state index is 12.3. The summed E-state index contributed by atoms with van der Waals surface area (Å²) in [4.78, 5) is 33.8. The van der Waals surface area contributed by atoms with Gasteiger partial charge in [-0.1, -0.05) is 17.7 Å². The fourth-order valence-electron chi connectivity index (χ4n) is 3.92. The van der Waals surface area contributed by atoms with Crippen LogP contribution in [0.2, 0.25) is 0 Å². The van der Waals surface area contributed by atoms with Gasteiger partial charge < -0.3 is 15.1 Å². The van der Waals surface area contributed by atoms with Gasteiger partial charge in [-0.15, -0.1) is 0 Å². The van der Waals surface area contributed by atoms with Crippen LogP contribution in [0.5, 0.6) is 0 Å². The number of carboxylic acid groups (broad SMARTS) is 2. The van der Waals surface area contributed by atoms with Crippen LogP contribution >= 0.6 is 0 Å². The fraction of sp³-hybridized carbons (Fsp3) is 0.450. The van der Waals surface area contributed by atoms with Crippen LogP contribution in [-0.2, 0) is 9.59 Å². The molecule has 3 rings (SSSR count). The lowest BCUT2D eigenvalue weighted by Crippen LogP contribution is -2.40. The van der Waals surface area contributed by atoms with E-state index < -0.39 is 11.9 Å². The SMILES string of the molecule is Cc1cc(C)c2c(c1)[C@H]1CN(C)CC[C@H]1CC2=O.O=C(O)/C=C/C(=O)O. The van der Waals surface area contributed by atoms with Crippen molar-refractivity contribution >= 4 is 17.7 Å².